The summed E-state index contributed by atoms with van der Waals surface area (Å²) in [4.78, 5) is 3.97. The van der Waals surface area contributed by atoms with E-state index < -0.39 is 0 Å². The molecule has 1 fully saturated rings. The number of rotatable bonds is 4. The van der Waals surface area contributed by atoms with Crippen LogP contribution in [-0.2, 0) is 0 Å². The molecule has 1 saturated heterocycles. The van der Waals surface area contributed by atoms with Crippen LogP contribution in [0.3, 0.4) is 0 Å². The third-order valence-corrected chi connectivity index (χ3v) is 4.24. The second kappa shape index (κ2) is 6.94. The Labute approximate surface area is 108 Å². The van der Waals surface area contributed by atoms with Crippen molar-refractivity contribution in [3.63, 3.8) is 0 Å². The first kappa shape index (κ1) is 12.8. The van der Waals surface area contributed by atoms with Gasteiger partial charge in [0.1, 0.15) is 0 Å². The molecule has 0 radical (unpaired) electrons. The highest BCUT2D eigenvalue weighted by Gasteiger charge is 2.06. The third kappa shape index (κ3) is 4.26. The zero-order chi connectivity index (χ0) is 11.9. The molecular formula is C14H22N2S. The van der Waals surface area contributed by atoms with Crippen molar-refractivity contribution in [1.82, 2.24) is 10.2 Å². The van der Waals surface area contributed by atoms with Crippen molar-refractivity contribution < 1.29 is 0 Å². The Bertz CT molecular complexity index is 335. The van der Waals surface area contributed by atoms with Crippen molar-refractivity contribution in [3.8, 4) is 0 Å². The predicted molar refractivity (Wildman–Crippen MR) is 76.5 cm³/mol. The van der Waals surface area contributed by atoms with Crippen LogP contribution in [0.1, 0.15) is 24.6 Å². The molecule has 1 aliphatic rings. The van der Waals surface area contributed by atoms with Crippen LogP contribution in [0.25, 0.3) is 5.57 Å². The summed E-state index contributed by atoms with van der Waals surface area (Å²) in [5.41, 5.74) is 1.42. The maximum atomic E-state index is 3.44. The van der Waals surface area contributed by atoms with Gasteiger partial charge in [-0.1, -0.05) is 12.1 Å². The maximum Gasteiger partial charge on any atom is 0.0296 e. The number of thiophene rings is 1. The van der Waals surface area contributed by atoms with E-state index in [0.29, 0.717) is 0 Å². The van der Waals surface area contributed by atoms with Crippen molar-refractivity contribution in [2.45, 2.75) is 19.8 Å². The smallest absolute Gasteiger partial charge is 0.0296 e. The summed E-state index contributed by atoms with van der Waals surface area (Å²) in [7, 11) is 0. The van der Waals surface area contributed by atoms with E-state index in [-0.39, 0.29) is 0 Å². The minimum absolute atomic E-state index is 1.15. The van der Waals surface area contributed by atoms with E-state index >= 15 is 0 Å². The normalized spacial score (nSPS) is 19.2. The molecule has 0 aliphatic carbocycles. The summed E-state index contributed by atoms with van der Waals surface area (Å²) in [6.45, 7) is 8.19. The molecule has 1 aliphatic heterocycles. The number of allylic oxidation sites excluding steroid dienone is 1. The lowest BCUT2D eigenvalue weighted by Crippen LogP contribution is -2.28. The van der Waals surface area contributed by atoms with E-state index in [1.165, 1.54) is 49.5 Å². The second-order valence-corrected chi connectivity index (χ2v) is 5.55. The zero-order valence-corrected chi connectivity index (χ0v) is 11.4. The van der Waals surface area contributed by atoms with E-state index in [4.69, 9.17) is 0 Å². The highest BCUT2D eigenvalue weighted by molar-refractivity contribution is 7.11. The van der Waals surface area contributed by atoms with Gasteiger partial charge in [0.2, 0.25) is 0 Å². The molecule has 1 aromatic rings. The summed E-state index contributed by atoms with van der Waals surface area (Å²) >= 11 is 1.83. The average Bonchev–Trinajstić information content (AvgIpc) is 2.75. The Hall–Kier alpha value is -0.640. The summed E-state index contributed by atoms with van der Waals surface area (Å²) in [6.07, 6.45) is 4.83. The number of hydrogen-bond acceptors (Lipinski definition) is 3. The minimum Gasteiger partial charge on any atom is -0.315 e. The number of nitrogens with zero attached hydrogens (tertiary/aromatic N) is 1. The Balaban J connectivity index is 1.76. The molecular weight excluding hydrogens is 228 g/mol. The van der Waals surface area contributed by atoms with Crippen LogP contribution in [0.4, 0.5) is 0 Å². The van der Waals surface area contributed by atoms with E-state index in [2.05, 4.69) is 40.7 Å². The minimum atomic E-state index is 1.15. The van der Waals surface area contributed by atoms with Gasteiger partial charge in [-0.25, -0.2) is 0 Å². The van der Waals surface area contributed by atoms with Gasteiger partial charge < -0.3 is 10.2 Å². The summed E-state index contributed by atoms with van der Waals surface area (Å²) < 4.78 is 0. The van der Waals surface area contributed by atoms with Crippen LogP contribution in [0, 0.1) is 0 Å². The molecule has 0 unspecified atom stereocenters. The molecule has 17 heavy (non-hydrogen) atoms. The molecule has 1 N–H and O–H groups in total. The predicted octanol–water partition coefficient (Wildman–Crippen LogP) is 2.84. The van der Waals surface area contributed by atoms with Crippen molar-refractivity contribution in [1.29, 1.82) is 0 Å². The Kier molecular flexibility index (Phi) is 5.23. The van der Waals surface area contributed by atoms with E-state index in [0.717, 1.165) is 6.54 Å². The van der Waals surface area contributed by atoms with Crippen molar-refractivity contribution >= 4 is 16.9 Å². The lowest BCUT2D eigenvalue weighted by molar-refractivity contribution is 0.298. The van der Waals surface area contributed by atoms with Gasteiger partial charge in [-0.3, -0.25) is 0 Å². The molecule has 2 heterocycles. The van der Waals surface area contributed by atoms with Gasteiger partial charge in [0.25, 0.3) is 0 Å². The fraction of sp³-hybridized carbons (Fsp3) is 0.571. The molecule has 0 saturated carbocycles. The Morgan fingerprint density at radius 3 is 3.24 bits per heavy atom. The van der Waals surface area contributed by atoms with Crippen molar-refractivity contribution in [3.05, 3.63) is 28.5 Å². The molecule has 2 nitrogen and oxygen atoms in total. The largest absolute Gasteiger partial charge is 0.315 e. The monoisotopic (exact) mass is 250 g/mol. The Morgan fingerprint density at radius 1 is 1.47 bits per heavy atom. The van der Waals surface area contributed by atoms with E-state index in [9.17, 15) is 0 Å². The Morgan fingerprint density at radius 2 is 2.41 bits per heavy atom. The van der Waals surface area contributed by atoms with Gasteiger partial charge in [0.15, 0.2) is 0 Å². The molecule has 0 spiro atoms. The highest BCUT2D eigenvalue weighted by Crippen LogP contribution is 2.19. The molecule has 0 bridgehead atoms. The number of nitrogens with one attached hydrogen (secondary N) is 1. The van der Waals surface area contributed by atoms with Gasteiger partial charge in [-0.2, -0.15) is 0 Å². The van der Waals surface area contributed by atoms with Crippen LogP contribution in [0.5, 0.6) is 0 Å². The lowest BCUT2D eigenvalue weighted by Gasteiger charge is -2.18. The first-order valence-electron chi connectivity index (χ1n) is 6.50. The molecule has 0 atom stereocenters. The van der Waals surface area contributed by atoms with Gasteiger partial charge in [0, 0.05) is 24.5 Å². The summed E-state index contributed by atoms with van der Waals surface area (Å²) in [6, 6.07) is 4.32. The van der Waals surface area contributed by atoms with Crippen LogP contribution in [0.15, 0.2) is 23.6 Å². The summed E-state index contributed by atoms with van der Waals surface area (Å²) in [5, 5.41) is 5.59. The highest BCUT2D eigenvalue weighted by atomic mass is 32.1. The van der Waals surface area contributed by atoms with Gasteiger partial charge in [-0.05, 0) is 49.9 Å². The van der Waals surface area contributed by atoms with Gasteiger partial charge in [0.05, 0.1) is 0 Å². The standard InChI is InChI=1S/C14H22N2S/c1-13(14-6-3-12-17-14)5-2-9-16-10-4-7-15-8-11-16/h3,5-6,12,15H,2,4,7-11H2,1H3/b13-5+. The SMILES string of the molecule is C/C(=C\CCN1CCCNCC1)c1cccs1. The molecule has 3 heteroatoms. The average molecular weight is 250 g/mol. The van der Waals surface area contributed by atoms with Crippen LogP contribution < -0.4 is 5.32 Å². The van der Waals surface area contributed by atoms with E-state index in [1.54, 1.807) is 0 Å². The number of hydrogen-bond donors (Lipinski definition) is 1. The molecule has 1 aromatic heterocycles. The zero-order valence-electron chi connectivity index (χ0n) is 10.6. The van der Waals surface area contributed by atoms with E-state index in [1.807, 2.05) is 11.3 Å². The quantitative estimate of drug-likeness (QED) is 0.884. The van der Waals surface area contributed by atoms with Crippen LogP contribution in [-0.4, -0.2) is 37.6 Å². The molecule has 94 valence electrons. The first-order chi connectivity index (χ1) is 8.36. The van der Waals surface area contributed by atoms with Crippen LogP contribution >= 0.6 is 11.3 Å². The van der Waals surface area contributed by atoms with Crippen molar-refractivity contribution in [2.75, 3.05) is 32.7 Å². The van der Waals surface area contributed by atoms with Crippen LogP contribution in [0.2, 0.25) is 0 Å². The fourth-order valence-electron chi connectivity index (χ4n) is 2.19. The second-order valence-electron chi connectivity index (χ2n) is 4.60. The fourth-order valence-corrected chi connectivity index (χ4v) is 2.92. The maximum absolute atomic E-state index is 3.44. The molecule has 2 rings (SSSR count). The first-order valence-corrected chi connectivity index (χ1v) is 7.38. The molecule has 0 aromatic carbocycles. The van der Waals surface area contributed by atoms with Gasteiger partial charge in [-0.15, -0.1) is 11.3 Å². The molecule has 0 amide bonds. The van der Waals surface area contributed by atoms with Crippen molar-refractivity contribution in [2.24, 2.45) is 0 Å². The summed E-state index contributed by atoms with van der Waals surface area (Å²) in [5.74, 6) is 0. The lowest BCUT2D eigenvalue weighted by atomic mass is 10.2. The third-order valence-electron chi connectivity index (χ3n) is 3.24. The topological polar surface area (TPSA) is 15.3 Å². The van der Waals surface area contributed by atoms with Gasteiger partial charge >= 0.3 is 0 Å².